The minimum absolute atomic E-state index is 0.0744. The van der Waals surface area contributed by atoms with Gasteiger partial charge in [0, 0.05) is 24.5 Å². The maximum Gasteiger partial charge on any atom is 0.341 e. The number of esters is 1. The molecule has 0 saturated heterocycles. The van der Waals surface area contributed by atoms with Crippen LogP contribution < -0.4 is 0 Å². The van der Waals surface area contributed by atoms with Crippen molar-refractivity contribution in [1.29, 1.82) is 5.26 Å². The summed E-state index contributed by atoms with van der Waals surface area (Å²) >= 11 is 0. The first-order valence-corrected chi connectivity index (χ1v) is 5.73. The summed E-state index contributed by atoms with van der Waals surface area (Å²) in [4.78, 5) is 19.7. The van der Waals surface area contributed by atoms with Gasteiger partial charge < -0.3 is 4.74 Å². The average Bonchev–Trinajstić information content (AvgIpc) is 2.48. The largest absolute Gasteiger partial charge is 0.462 e. The van der Waals surface area contributed by atoms with E-state index in [0.717, 1.165) is 5.69 Å². The Kier molecular flexibility index (Phi) is 4.19. The summed E-state index contributed by atoms with van der Waals surface area (Å²) in [5, 5.41) is 8.84. The fraction of sp³-hybridized carbons (Fsp3) is 0.143. The molecule has 2 aromatic heterocycles. The monoisotopic (exact) mass is 253 g/mol. The molecule has 0 bridgehead atoms. The van der Waals surface area contributed by atoms with Crippen LogP contribution in [0.15, 0.2) is 42.7 Å². The molecular formula is C14H11N3O2. The number of hydrogen-bond donors (Lipinski definition) is 0. The molecule has 0 unspecified atom stereocenters. The predicted octanol–water partition coefficient (Wildman–Crippen LogP) is 1.75. The van der Waals surface area contributed by atoms with Crippen molar-refractivity contribution in [2.75, 3.05) is 6.61 Å². The van der Waals surface area contributed by atoms with Gasteiger partial charge in [0.05, 0.1) is 12.2 Å². The Labute approximate surface area is 110 Å². The lowest BCUT2D eigenvalue weighted by molar-refractivity contribution is 0.0507. The van der Waals surface area contributed by atoms with Gasteiger partial charge in [-0.1, -0.05) is 6.07 Å². The first kappa shape index (κ1) is 12.7. The quantitative estimate of drug-likeness (QED) is 0.776. The number of nitrogens with zero attached hydrogens (tertiary/aromatic N) is 3. The number of aromatic nitrogens is 2. The second-order valence-corrected chi connectivity index (χ2v) is 3.72. The smallest absolute Gasteiger partial charge is 0.341 e. The normalized spacial score (nSPS) is 9.63. The Hall–Kier alpha value is -2.74. The maximum absolute atomic E-state index is 11.8. The van der Waals surface area contributed by atoms with Crippen LogP contribution in [0.2, 0.25) is 0 Å². The van der Waals surface area contributed by atoms with Crippen LogP contribution in [0.4, 0.5) is 0 Å². The van der Waals surface area contributed by atoms with Gasteiger partial charge in [-0.15, -0.1) is 0 Å². The summed E-state index contributed by atoms with van der Waals surface area (Å²) in [6, 6.07) is 10.5. The van der Waals surface area contributed by atoms with Crippen molar-refractivity contribution in [2.45, 2.75) is 6.42 Å². The molecule has 5 heteroatoms. The van der Waals surface area contributed by atoms with E-state index in [0.29, 0.717) is 6.42 Å². The van der Waals surface area contributed by atoms with Crippen molar-refractivity contribution < 1.29 is 9.53 Å². The third-order valence-electron chi connectivity index (χ3n) is 2.45. The molecule has 2 aromatic rings. The van der Waals surface area contributed by atoms with Crippen LogP contribution in [0.25, 0.3) is 0 Å². The van der Waals surface area contributed by atoms with Crippen molar-refractivity contribution in [3.05, 3.63) is 59.7 Å². The van der Waals surface area contributed by atoms with Gasteiger partial charge in [0.25, 0.3) is 0 Å². The van der Waals surface area contributed by atoms with E-state index in [4.69, 9.17) is 10.00 Å². The summed E-state index contributed by atoms with van der Waals surface area (Å²) in [6.45, 7) is 0.218. The molecular weight excluding hydrogens is 242 g/mol. The summed E-state index contributed by atoms with van der Waals surface area (Å²) in [5.41, 5.74) is 1.11. The number of carbonyl (C=O) groups excluding carboxylic acids is 1. The lowest BCUT2D eigenvalue weighted by Crippen LogP contribution is -2.11. The number of carbonyl (C=O) groups is 1. The van der Waals surface area contributed by atoms with Crippen LogP contribution in [-0.4, -0.2) is 22.5 Å². The highest BCUT2D eigenvalue weighted by molar-refractivity contribution is 5.91. The molecule has 0 aromatic carbocycles. The van der Waals surface area contributed by atoms with E-state index in [1.54, 1.807) is 12.3 Å². The van der Waals surface area contributed by atoms with Crippen molar-refractivity contribution in [1.82, 2.24) is 9.97 Å². The van der Waals surface area contributed by atoms with E-state index in [9.17, 15) is 4.79 Å². The summed E-state index contributed by atoms with van der Waals surface area (Å²) in [5.74, 6) is -0.541. The molecule has 5 nitrogen and oxygen atoms in total. The topological polar surface area (TPSA) is 75.9 Å². The predicted molar refractivity (Wildman–Crippen MR) is 67.2 cm³/mol. The van der Waals surface area contributed by atoms with E-state index in [-0.39, 0.29) is 17.9 Å². The third kappa shape index (κ3) is 3.36. The maximum atomic E-state index is 11.8. The third-order valence-corrected chi connectivity index (χ3v) is 2.45. The van der Waals surface area contributed by atoms with Gasteiger partial charge in [-0.25, -0.2) is 9.78 Å². The number of nitriles is 1. The van der Waals surface area contributed by atoms with Gasteiger partial charge in [0.1, 0.15) is 6.07 Å². The zero-order valence-electron chi connectivity index (χ0n) is 10.1. The Morgan fingerprint density at radius 1 is 1.21 bits per heavy atom. The van der Waals surface area contributed by atoms with Crippen LogP contribution >= 0.6 is 0 Å². The first-order chi connectivity index (χ1) is 9.31. The molecule has 0 spiro atoms. The van der Waals surface area contributed by atoms with Gasteiger partial charge in [0.15, 0.2) is 5.69 Å². The first-order valence-electron chi connectivity index (χ1n) is 5.73. The molecule has 0 aliphatic carbocycles. The molecule has 94 valence electrons. The van der Waals surface area contributed by atoms with E-state index in [1.807, 2.05) is 24.3 Å². The SMILES string of the molecule is N#Cc1ncccc1C(=O)OCCc1ccccn1. The molecule has 19 heavy (non-hydrogen) atoms. The standard InChI is InChI=1S/C14H11N3O2/c15-10-13-12(5-3-8-17-13)14(18)19-9-6-11-4-1-2-7-16-11/h1-5,7-8H,6,9H2. The highest BCUT2D eigenvalue weighted by Crippen LogP contribution is 2.06. The molecule has 0 fully saturated rings. The molecule has 0 radical (unpaired) electrons. The minimum atomic E-state index is -0.541. The van der Waals surface area contributed by atoms with Gasteiger partial charge in [0.2, 0.25) is 0 Å². The highest BCUT2D eigenvalue weighted by atomic mass is 16.5. The highest BCUT2D eigenvalue weighted by Gasteiger charge is 2.13. The number of pyridine rings is 2. The van der Waals surface area contributed by atoms with Gasteiger partial charge >= 0.3 is 5.97 Å². The van der Waals surface area contributed by atoms with Gasteiger partial charge in [-0.2, -0.15) is 5.26 Å². The summed E-state index contributed by atoms with van der Waals surface area (Å²) in [6.07, 6.45) is 3.68. The van der Waals surface area contributed by atoms with Crippen molar-refractivity contribution >= 4 is 5.97 Å². The second-order valence-electron chi connectivity index (χ2n) is 3.72. The second kappa shape index (κ2) is 6.26. The van der Waals surface area contributed by atoms with Crippen molar-refractivity contribution in [3.8, 4) is 6.07 Å². The average molecular weight is 253 g/mol. The fourth-order valence-electron chi connectivity index (χ4n) is 1.53. The van der Waals surface area contributed by atoms with E-state index in [1.165, 1.54) is 12.3 Å². The Balaban J connectivity index is 1.93. The molecule has 0 amide bonds. The van der Waals surface area contributed by atoms with E-state index < -0.39 is 5.97 Å². The Morgan fingerprint density at radius 2 is 2.05 bits per heavy atom. The number of rotatable bonds is 4. The van der Waals surface area contributed by atoms with Crippen LogP contribution in [0.3, 0.4) is 0 Å². The zero-order chi connectivity index (χ0) is 13.5. The molecule has 0 N–H and O–H groups in total. The van der Waals surface area contributed by atoms with Crippen LogP contribution in [0.1, 0.15) is 21.7 Å². The number of ether oxygens (including phenoxy) is 1. The van der Waals surface area contributed by atoms with E-state index >= 15 is 0 Å². The van der Waals surface area contributed by atoms with Gasteiger partial charge in [-0.05, 0) is 24.3 Å². The molecule has 0 aliphatic heterocycles. The van der Waals surface area contributed by atoms with Crippen molar-refractivity contribution in [2.24, 2.45) is 0 Å². The lowest BCUT2D eigenvalue weighted by atomic mass is 10.2. The molecule has 2 rings (SSSR count). The van der Waals surface area contributed by atoms with Crippen LogP contribution in [0.5, 0.6) is 0 Å². The Bertz CT molecular complexity index is 606. The van der Waals surface area contributed by atoms with E-state index in [2.05, 4.69) is 9.97 Å². The lowest BCUT2D eigenvalue weighted by Gasteiger charge is -2.05. The van der Waals surface area contributed by atoms with Gasteiger partial charge in [-0.3, -0.25) is 4.98 Å². The molecule has 0 aliphatic rings. The minimum Gasteiger partial charge on any atom is -0.462 e. The van der Waals surface area contributed by atoms with Crippen LogP contribution in [-0.2, 0) is 11.2 Å². The van der Waals surface area contributed by atoms with Crippen molar-refractivity contribution in [3.63, 3.8) is 0 Å². The summed E-state index contributed by atoms with van der Waals surface area (Å²) in [7, 11) is 0. The zero-order valence-corrected chi connectivity index (χ0v) is 10.1. The Morgan fingerprint density at radius 3 is 2.79 bits per heavy atom. The molecule has 2 heterocycles. The summed E-state index contributed by atoms with van der Waals surface area (Å²) < 4.78 is 5.10. The number of hydrogen-bond acceptors (Lipinski definition) is 5. The van der Waals surface area contributed by atoms with Crippen LogP contribution in [0, 0.1) is 11.3 Å². The molecule has 0 saturated carbocycles. The molecule has 0 atom stereocenters. The fourth-order valence-corrected chi connectivity index (χ4v) is 1.53.